The van der Waals surface area contributed by atoms with E-state index in [-0.39, 0.29) is 29.5 Å². The molecule has 2 aliphatic heterocycles. The zero-order valence-corrected chi connectivity index (χ0v) is 18.4. The molecular formula is C23H23N3O8. The molecule has 0 atom stereocenters. The van der Waals surface area contributed by atoms with Crippen molar-refractivity contribution in [3.05, 3.63) is 52.1 Å². The van der Waals surface area contributed by atoms with Crippen molar-refractivity contribution in [3.8, 4) is 11.5 Å². The van der Waals surface area contributed by atoms with Crippen molar-refractivity contribution in [2.75, 3.05) is 36.7 Å². The monoisotopic (exact) mass is 469 g/mol. The average Bonchev–Trinajstić information content (AvgIpc) is 3.29. The van der Waals surface area contributed by atoms with E-state index >= 15 is 0 Å². The average molecular weight is 469 g/mol. The highest BCUT2D eigenvalue weighted by atomic mass is 16.7. The molecular weight excluding hydrogens is 446 g/mol. The van der Waals surface area contributed by atoms with E-state index in [4.69, 9.17) is 14.2 Å². The number of nitrogens with one attached hydrogen (secondary N) is 1. The first-order chi connectivity index (χ1) is 16.3. The molecule has 0 bridgehead atoms. The van der Waals surface area contributed by atoms with Crippen molar-refractivity contribution < 1.29 is 33.5 Å². The Morgan fingerprint density at radius 3 is 2.50 bits per heavy atom. The predicted molar refractivity (Wildman–Crippen MR) is 120 cm³/mol. The molecule has 2 heterocycles. The fraction of sp³-hybridized carbons (Fsp3) is 0.348. The number of amides is 1. The molecule has 0 unspecified atom stereocenters. The number of nitro benzene ring substituents is 1. The summed E-state index contributed by atoms with van der Waals surface area (Å²) < 4.78 is 15.7. The van der Waals surface area contributed by atoms with Crippen LogP contribution in [0.2, 0.25) is 0 Å². The van der Waals surface area contributed by atoms with Gasteiger partial charge in [0.1, 0.15) is 5.69 Å². The molecule has 1 amide bonds. The van der Waals surface area contributed by atoms with E-state index in [0.717, 1.165) is 0 Å². The van der Waals surface area contributed by atoms with Gasteiger partial charge < -0.3 is 24.4 Å². The minimum atomic E-state index is -0.591. The molecule has 1 fully saturated rings. The smallest absolute Gasteiger partial charge is 0.309 e. The molecule has 2 aromatic carbocycles. The van der Waals surface area contributed by atoms with Gasteiger partial charge in [0, 0.05) is 30.8 Å². The second kappa shape index (κ2) is 9.77. The molecule has 11 nitrogen and oxygen atoms in total. The van der Waals surface area contributed by atoms with Gasteiger partial charge in [-0.15, -0.1) is 0 Å². The van der Waals surface area contributed by atoms with Crippen LogP contribution in [-0.2, 0) is 14.3 Å². The fourth-order valence-corrected chi connectivity index (χ4v) is 4.02. The van der Waals surface area contributed by atoms with E-state index in [2.05, 4.69) is 5.32 Å². The minimum Gasteiger partial charge on any atom is -0.455 e. The number of benzene rings is 2. The summed E-state index contributed by atoms with van der Waals surface area (Å²) in [4.78, 5) is 49.5. The maximum atomic E-state index is 12.5. The van der Waals surface area contributed by atoms with Gasteiger partial charge in [-0.1, -0.05) is 12.1 Å². The first-order valence-electron chi connectivity index (χ1n) is 10.7. The Bertz CT molecular complexity index is 1140. The summed E-state index contributed by atoms with van der Waals surface area (Å²) in [6.45, 7) is 1.79. The molecule has 0 spiro atoms. The minimum absolute atomic E-state index is 0.0219. The second-order valence-electron chi connectivity index (χ2n) is 7.97. The highest BCUT2D eigenvalue weighted by Gasteiger charge is 2.29. The molecule has 178 valence electrons. The van der Waals surface area contributed by atoms with Gasteiger partial charge in [-0.2, -0.15) is 0 Å². The highest BCUT2D eigenvalue weighted by molar-refractivity contribution is 6.05. The summed E-state index contributed by atoms with van der Waals surface area (Å²) in [5, 5.41) is 13.8. The van der Waals surface area contributed by atoms with Crippen LogP contribution in [0.4, 0.5) is 17.1 Å². The lowest BCUT2D eigenvalue weighted by Crippen LogP contribution is -2.37. The third kappa shape index (κ3) is 4.92. The van der Waals surface area contributed by atoms with Crippen LogP contribution in [0.15, 0.2) is 36.4 Å². The third-order valence-electron chi connectivity index (χ3n) is 5.76. The van der Waals surface area contributed by atoms with Crippen molar-refractivity contribution >= 4 is 34.7 Å². The third-order valence-corrected chi connectivity index (χ3v) is 5.76. The van der Waals surface area contributed by atoms with E-state index in [1.54, 1.807) is 18.2 Å². The molecule has 1 N–H and O–H groups in total. The molecule has 2 aliphatic rings. The van der Waals surface area contributed by atoms with E-state index in [1.807, 2.05) is 4.90 Å². The zero-order valence-electron chi connectivity index (χ0n) is 18.4. The number of nitrogens with zero attached hydrogens (tertiary/aromatic N) is 2. The van der Waals surface area contributed by atoms with Crippen LogP contribution >= 0.6 is 0 Å². The summed E-state index contributed by atoms with van der Waals surface area (Å²) >= 11 is 0. The molecule has 0 aliphatic carbocycles. The number of hydrogen-bond acceptors (Lipinski definition) is 9. The van der Waals surface area contributed by atoms with E-state index in [9.17, 15) is 24.5 Å². The van der Waals surface area contributed by atoms with Crippen molar-refractivity contribution in [1.82, 2.24) is 0 Å². The van der Waals surface area contributed by atoms with Crippen molar-refractivity contribution in [3.63, 3.8) is 0 Å². The number of para-hydroxylation sites is 2. The van der Waals surface area contributed by atoms with Gasteiger partial charge in [0.05, 0.1) is 16.5 Å². The quantitative estimate of drug-likeness (QED) is 0.281. The Hall–Kier alpha value is -4.15. The summed E-state index contributed by atoms with van der Waals surface area (Å²) in [5.41, 5.74) is 1.04. The predicted octanol–water partition coefficient (Wildman–Crippen LogP) is 2.92. The Labute approximate surface area is 194 Å². The molecule has 0 saturated carbocycles. The summed E-state index contributed by atoms with van der Waals surface area (Å²) in [6.07, 6.45) is 0.895. The number of Topliss-reactive ketones (excluding diaryl/α,β-unsaturated/α-hetero) is 1. The number of piperidine rings is 1. The van der Waals surface area contributed by atoms with E-state index in [0.29, 0.717) is 43.1 Å². The lowest BCUT2D eigenvalue weighted by Gasteiger charge is -2.32. The highest BCUT2D eigenvalue weighted by Crippen LogP contribution is 2.37. The molecule has 11 heteroatoms. The molecule has 34 heavy (non-hydrogen) atoms. The van der Waals surface area contributed by atoms with Gasteiger partial charge in [0.15, 0.2) is 23.9 Å². The Balaban J connectivity index is 1.30. The summed E-state index contributed by atoms with van der Waals surface area (Å²) in [7, 11) is 0. The number of carbonyl (C=O) groups is 3. The Morgan fingerprint density at radius 2 is 1.82 bits per heavy atom. The van der Waals surface area contributed by atoms with Crippen LogP contribution < -0.4 is 19.7 Å². The van der Waals surface area contributed by atoms with Crippen LogP contribution in [0.1, 0.15) is 30.1 Å². The van der Waals surface area contributed by atoms with Crippen LogP contribution in [0, 0.1) is 16.0 Å². The number of nitro groups is 1. The Morgan fingerprint density at radius 1 is 1.15 bits per heavy atom. The van der Waals surface area contributed by atoms with Crippen LogP contribution in [0.25, 0.3) is 0 Å². The van der Waals surface area contributed by atoms with Gasteiger partial charge in [0.25, 0.3) is 11.6 Å². The Kier molecular flexibility index (Phi) is 6.62. The number of ketones is 1. The van der Waals surface area contributed by atoms with E-state index in [1.165, 1.54) is 25.1 Å². The number of anilines is 2. The SMILES string of the molecule is CC(=O)c1cc2c(cc1NC(=O)COC(=O)C1CCN(c3ccccc3[N+](=O)[O-])CC1)OCO2. The number of rotatable bonds is 7. The van der Waals surface area contributed by atoms with Gasteiger partial charge in [-0.3, -0.25) is 24.5 Å². The number of fused-ring (bicyclic) bond motifs is 1. The number of ether oxygens (including phenoxy) is 3. The number of esters is 1. The first-order valence-corrected chi connectivity index (χ1v) is 10.7. The lowest BCUT2D eigenvalue weighted by atomic mass is 9.96. The maximum Gasteiger partial charge on any atom is 0.309 e. The van der Waals surface area contributed by atoms with Gasteiger partial charge in [-0.25, -0.2) is 0 Å². The fourth-order valence-electron chi connectivity index (χ4n) is 4.02. The molecule has 4 rings (SSSR count). The summed E-state index contributed by atoms with van der Waals surface area (Å²) in [5.74, 6) is -0.951. The van der Waals surface area contributed by atoms with Gasteiger partial charge in [0.2, 0.25) is 6.79 Å². The number of carbonyl (C=O) groups excluding carboxylic acids is 3. The number of hydrogen-bond donors (Lipinski definition) is 1. The first kappa shape index (κ1) is 23.0. The van der Waals surface area contributed by atoms with E-state index < -0.39 is 29.3 Å². The van der Waals surface area contributed by atoms with Crippen LogP contribution in [-0.4, -0.2) is 49.1 Å². The van der Waals surface area contributed by atoms with Crippen molar-refractivity contribution in [2.45, 2.75) is 19.8 Å². The largest absolute Gasteiger partial charge is 0.455 e. The molecule has 2 aromatic rings. The van der Waals surface area contributed by atoms with Crippen molar-refractivity contribution in [1.29, 1.82) is 0 Å². The topological polar surface area (TPSA) is 137 Å². The molecule has 0 radical (unpaired) electrons. The van der Waals surface area contributed by atoms with Gasteiger partial charge in [-0.05, 0) is 31.9 Å². The van der Waals surface area contributed by atoms with Crippen LogP contribution in [0.3, 0.4) is 0 Å². The molecule has 0 aromatic heterocycles. The zero-order chi connectivity index (χ0) is 24.2. The maximum absolute atomic E-state index is 12.5. The normalized spacial score (nSPS) is 15.0. The standard InChI is InChI=1S/C23H23N3O8/c1-14(27)16-10-20-21(34-13-33-20)11-17(16)24-22(28)12-32-23(29)15-6-8-25(9-7-15)18-4-2-3-5-19(18)26(30)31/h2-5,10-11,15H,6-9,12-13H2,1H3,(H,24,28). The summed E-state index contributed by atoms with van der Waals surface area (Å²) in [6, 6.07) is 9.48. The van der Waals surface area contributed by atoms with Crippen molar-refractivity contribution in [2.24, 2.45) is 5.92 Å². The molecule has 1 saturated heterocycles. The second-order valence-corrected chi connectivity index (χ2v) is 7.97. The lowest BCUT2D eigenvalue weighted by molar-refractivity contribution is -0.384. The van der Waals surface area contributed by atoms with Crippen LogP contribution in [0.5, 0.6) is 11.5 Å². The van der Waals surface area contributed by atoms with Gasteiger partial charge >= 0.3 is 5.97 Å².